The van der Waals surface area contributed by atoms with E-state index in [1.54, 1.807) is 12.4 Å². The van der Waals surface area contributed by atoms with Gasteiger partial charge in [-0.2, -0.15) is 0 Å². The van der Waals surface area contributed by atoms with E-state index in [-0.39, 0.29) is 4.88 Å². The van der Waals surface area contributed by atoms with Gasteiger partial charge in [0.25, 0.3) is 0 Å². The highest BCUT2D eigenvalue weighted by atomic mass is 32.1. The molecule has 0 radical (unpaired) electrons. The van der Waals surface area contributed by atoms with Crippen molar-refractivity contribution in [2.45, 2.75) is 39.0 Å². The smallest absolute Gasteiger partial charge is 0.348 e. The SMILES string of the molecule is C[C@@H]1CCCN(c2nc(-c3cnc(N4CCCCC4)cn3)c(C(=O)O)s2)C1. The van der Waals surface area contributed by atoms with Crippen molar-refractivity contribution in [3.8, 4) is 11.4 Å². The van der Waals surface area contributed by atoms with Gasteiger partial charge < -0.3 is 14.9 Å². The lowest BCUT2D eigenvalue weighted by Crippen LogP contribution is -2.34. The Labute approximate surface area is 163 Å². The number of thiazole rings is 1. The Morgan fingerprint density at radius 3 is 2.56 bits per heavy atom. The van der Waals surface area contributed by atoms with E-state index in [0.717, 1.165) is 43.5 Å². The summed E-state index contributed by atoms with van der Waals surface area (Å²) in [6.45, 7) is 6.08. The highest BCUT2D eigenvalue weighted by molar-refractivity contribution is 7.17. The second-order valence-corrected chi connectivity index (χ2v) is 8.46. The minimum Gasteiger partial charge on any atom is -0.477 e. The third kappa shape index (κ3) is 3.90. The molecule has 27 heavy (non-hydrogen) atoms. The summed E-state index contributed by atoms with van der Waals surface area (Å²) in [6.07, 6.45) is 9.35. The van der Waals surface area contributed by atoms with Gasteiger partial charge in [0.2, 0.25) is 0 Å². The van der Waals surface area contributed by atoms with Crippen molar-refractivity contribution in [2.24, 2.45) is 5.92 Å². The number of piperidine rings is 2. The van der Waals surface area contributed by atoms with Crippen molar-refractivity contribution in [1.82, 2.24) is 15.0 Å². The summed E-state index contributed by atoms with van der Waals surface area (Å²) < 4.78 is 0. The Kier molecular flexibility index (Phi) is 5.24. The van der Waals surface area contributed by atoms with E-state index in [1.807, 2.05) is 0 Å². The number of nitrogens with zero attached hydrogens (tertiary/aromatic N) is 5. The summed E-state index contributed by atoms with van der Waals surface area (Å²) in [6, 6.07) is 0. The van der Waals surface area contributed by atoms with Crippen LogP contribution in [0.2, 0.25) is 0 Å². The van der Waals surface area contributed by atoms with E-state index in [2.05, 4.69) is 31.7 Å². The molecule has 0 aliphatic carbocycles. The molecular weight excluding hydrogens is 362 g/mol. The second kappa shape index (κ2) is 7.80. The molecule has 2 aliphatic heterocycles. The predicted octanol–water partition coefficient (Wildman–Crippen LogP) is 3.52. The maximum absolute atomic E-state index is 11.8. The zero-order valence-corrected chi connectivity index (χ0v) is 16.4. The number of hydrogen-bond acceptors (Lipinski definition) is 7. The minimum absolute atomic E-state index is 0.239. The van der Waals surface area contributed by atoms with Gasteiger partial charge in [-0.15, -0.1) is 0 Å². The molecule has 0 aromatic carbocycles. The lowest BCUT2D eigenvalue weighted by atomic mass is 10.0. The number of anilines is 2. The largest absolute Gasteiger partial charge is 0.477 e. The lowest BCUT2D eigenvalue weighted by Gasteiger charge is -2.30. The van der Waals surface area contributed by atoms with Gasteiger partial charge >= 0.3 is 5.97 Å². The number of carbonyl (C=O) groups is 1. The van der Waals surface area contributed by atoms with Crippen LogP contribution in [0.1, 0.15) is 48.7 Å². The number of carboxylic acid groups (broad SMARTS) is 1. The quantitative estimate of drug-likeness (QED) is 0.859. The van der Waals surface area contributed by atoms with Crippen LogP contribution in [0.15, 0.2) is 12.4 Å². The molecule has 2 saturated heterocycles. The summed E-state index contributed by atoms with van der Waals surface area (Å²) in [5.74, 6) is 0.499. The zero-order chi connectivity index (χ0) is 18.8. The Morgan fingerprint density at radius 1 is 1.11 bits per heavy atom. The van der Waals surface area contributed by atoms with Gasteiger partial charge in [-0.3, -0.25) is 0 Å². The van der Waals surface area contributed by atoms with Gasteiger partial charge in [0, 0.05) is 26.2 Å². The van der Waals surface area contributed by atoms with Crippen LogP contribution in [0.4, 0.5) is 10.9 Å². The Morgan fingerprint density at radius 2 is 1.89 bits per heavy atom. The van der Waals surface area contributed by atoms with E-state index < -0.39 is 5.97 Å². The number of carboxylic acids is 1. The van der Waals surface area contributed by atoms with Crippen molar-refractivity contribution >= 4 is 28.3 Å². The number of hydrogen-bond donors (Lipinski definition) is 1. The molecule has 0 spiro atoms. The summed E-state index contributed by atoms with van der Waals surface area (Å²) in [7, 11) is 0. The van der Waals surface area contributed by atoms with Gasteiger partial charge in [-0.05, 0) is 38.0 Å². The first kappa shape index (κ1) is 18.2. The molecule has 1 N–H and O–H groups in total. The second-order valence-electron chi connectivity index (χ2n) is 7.48. The molecule has 2 aliphatic rings. The van der Waals surface area contributed by atoms with Gasteiger partial charge in [-0.1, -0.05) is 18.3 Å². The molecule has 2 aromatic heterocycles. The van der Waals surface area contributed by atoms with Crippen LogP contribution in [0.25, 0.3) is 11.4 Å². The van der Waals surface area contributed by atoms with Crippen LogP contribution in [-0.4, -0.2) is 52.2 Å². The Bertz CT molecular complexity index is 801. The van der Waals surface area contributed by atoms with Crippen LogP contribution in [0, 0.1) is 5.92 Å². The van der Waals surface area contributed by atoms with Crippen LogP contribution in [-0.2, 0) is 0 Å². The van der Waals surface area contributed by atoms with Gasteiger partial charge in [0.1, 0.15) is 22.1 Å². The number of aromatic carboxylic acids is 1. The molecular formula is C19H25N5O2S. The molecule has 8 heteroatoms. The molecule has 144 valence electrons. The van der Waals surface area contributed by atoms with E-state index in [0.29, 0.717) is 17.3 Å². The van der Waals surface area contributed by atoms with Crippen LogP contribution in [0.5, 0.6) is 0 Å². The average molecular weight is 388 g/mol. The molecule has 0 unspecified atom stereocenters. The lowest BCUT2D eigenvalue weighted by molar-refractivity contribution is 0.0702. The zero-order valence-electron chi connectivity index (χ0n) is 15.6. The van der Waals surface area contributed by atoms with Crippen LogP contribution < -0.4 is 9.80 Å². The van der Waals surface area contributed by atoms with Crippen molar-refractivity contribution in [3.05, 3.63) is 17.3 Å². The van der Waals surface area contributed by atoms with Crippen LogP contribution >= 0.6 is 11.3 Å². The monoisotopic (exact) mass is 387 g/mol. The molecule has 1 atom stereocenters. The normalized spacial score (nSPS) is 20.7. The molecule has 0 saturated carbocycles. The Balaban J connectivity index is 1.61. The van der Waals surface area contributed by atoms with Crippen molar-refractivity contribution in [1.29, 1.82) is 0 Å². The summed E-state index contributed by atoms with van der Waals surface area (Å²) in [5.41, 5.74) is 0.958. The molecule has 0 amide bonds. The highest BCUT2D eigenvalue weighted by Crippen LogP contribution is 2.34. The predicted molar refractivity (Wildman–Crippen MR) is 107 cm³/mol. The first-order valence-corrected chi connectivity index (χ1v) is 10.5. The molecule has 0 bridgehead atoms. The van der Waals surface area contributed by atoms with E-state index in [4.69, 9.17) is 0 Å². The molecule has 7 nitrogen and oxygen atoms in total. The maximum Gasteiger partial charge on any atom is 0.348 e. The van der Waals surface area contributed by atoms with Gasteiger partial charge in [0.05, 0.1) is 12.4 Å². The summed E-state index contributed by atoms with van der Waals surface area (Å²) in [4.78, 5) is 30.1. The summed E-state index contributed by atoms with van der Waals surface area (Å²) >= 11 is 1.24. The fourth-order valence-corrected chi connectivity index (χ4v) is 4.80. The average Bonchev–Trinajstić information content (AvgIpc) is 3.15. The fraction of sp³-hybridized carbons (Fsp3) is 0.579. The van der Waals surface area contributed by atoms with Crippen molar-refractivity contribution in [3.63, 3.8) is 0 Å². The molecule has 2 fully saturated rings. The van der Waals surface area contributed by atoms with Crippen molar-refractivity contribution in [2.75, 3.05) is 36.0 Å². The van der Waals surface area contributed by atoms with E-state index in [9.17, 15) is 9.90 Å². The third-order valence-electron chi connectivity index (χ3n) is 5.30. The first-order chi connectivity index (χ1) is 13.1. The molecule has 4 heterocycles. The van der Waals surface area contributed by atoms with Gasteiger partial charge in [-0.25, -0.2) is 19.7 Å². The highest BCUT2D eigenvalue weighted by Gasteiger charge is 2.25. The van der Waals surface area contributed by atoms with Gasteiger partial charge in [0.15, 0.2) is 5.13 Å². The topological polar surface area (TPSA) is 82.5 Å². The number of aromatic nitrogens is 3. The third-order valence-corrected chi connectivity index (χ3v) is 6.40. The van der Waals surface area contributed by atoms with Crippen LogP contribution in [0.3, 0.4) is 0 Å². The Hall–Kier alpha value is -2.22. The first-order valence-electron chi connectivity index (χ1n) is 9.68. The minimum atomic E-state index is -0.958. The van der Waals surface area contributed by atoms with E-state index >= 15 is 0 Å². The molecule has 4 rings (SSSR count). The van der Waals surface area contributed by atoms with E-state index in [1.165, 1.54) is 37.0 Å². The van der Waals surface area contributed by atoms with Crippen molar-refractivity contribution < 1.29 is 9.90 Å². The fourth-order valence-electron chi connectivity index (χ4n) is 3.86. The molecule has 2 aromatic rings. The summed E-state index contributed by atoms with van der Waals surface area (Å²) in [5, 5.41) is 10.4. The number of rotatable bonds is 4. The standard InChI is InChI=1S/C19H25N5O2S/c1-13-6-5-9-24(12-13)19-22-16(17(27-19)18(25)26)14-10-21-15(11-20-14)23-7-3-2-4-8-23/h10-11,13H,2-9,12H2,1H3,(H,25,26)/t13-/m1/s1. The maximum atomic E-state index is 11.8.